The van der Waals surface area contributed by atoms with Crippen LogP contribution >= 0.6 is 34.5 Å². The number of fused-ring (bicyclic) bond motifs is 1. The van der Waals surface area contributed by atoms with Gasteiger partial charge in [-0.1, -0.05) is 74.3 Å². The van der Waals surface area contributed by atoms with Crippen molar-refractivity contribution in [1.29, 1.82) is 0 Å². The number of rotatable bonds is 24. The Kier molecular flexibility index (Phi) is 19.0. The van der Waals surface area contributed by atoms with Crippen molar-refractivity contribution in [1.82, 2.24) is 35.4 Å². The van der Waals surface area contributed by atoms with Crippen LogP contribution in [0.1, 0.15) is 68.2 Å². The Balaban J connectivity index is 0.782. The number of ether oxygens (including phenoxy) is 4. The number of nitrogens with one attached hydrogen (secondary N) is 3. The van der Waals surface area contributed by atoms with E-state index in [0.717, 1.165) is 69.3 Å². The van der Waals surface area contributed by atoms with Gasteiger partial charge >= 0.3 is 0 Å². The molecule has 2 aliphatic rings. The molecule has 4 amide bonds. The van der Waals surface area contributed by atoms with E-state index in [2.05, 4.69) is 31.7 Å². The van der Waals surface area contributed by atoms with Crippen molar-refractivity contribution in [2.45, 2.75) is 97.6 Å². The van der Waals surface area contributed by atoms with Crippen molar-refractivity contribution in [3.05, 3.63) is 111 Å². The number of amides is 4. The number of carbonyl (C=O) groups is 4. The monoisotopic (exact) mass is 1030 g/mol. The van der Waals surface area contributed by atoms with E-state index in [4.69, 9.17) is 47.1 Å². The molecule has 0 spiro atoms. The summed E-state index contributed by atoms with van der Waals surface area (Å²) in [4.78, 5) is 65.1. The van der Waals surface area contributed by atoms with Gasteiger partial charge in [0.25, 0.3) is 0 Å². The van der Waals surface area contributed by atoms with Crippen LogP contribution in [-0.2, 0) is 65.9 Å². The number of aliphatic hydroxyl groups excluding tert-OH is 1. The maximum Gasteiger partial charge on any atom is 0.246 e. The Bertz CT molecular complexity index is 2600. The number of carbonyl (C=O) groups excluding carboxylic acids is 4. The fraction of sp³-hybridized carbons (Fsp3) is 0.462. The molecule has 0 aliphatic carbocycles. The van der Waals surface area contributed by atoms with Crippen LogP contribution in [0.4, 0.5) is 0 Å². The van der Waals surface area contributed by atoms with Crippen LogP contribution in [0, 0.1) is 12.3 Å². The van der Waals surface area contributed by atoms with E-state index in [1.54, 1.807) is 29.5 Å². The lowest BCUT2D eigenvalue weighted by molar-refractivity contribution is -0.144. The summed E-state index contributed by atoms with van der Waals surface area (Å²) in [5, 5.41) is 20.2. The van der Waals surface area contributed by atoms with Crippen molar-refractivity contribution in [2.75, 3.05) is 52.8 Å². The predicted octanol–water partition coefficient (Wildman–Crippen LogP) is 6.72. The molecule has 3 atom stereocenters. The summed E-state index contributed by atoms with van der Waals surface area (Å²) in [5.74, 6) is 0.352. The number of imidazole rings is 1. The molecule has 4 N–H and O–H groups in total. The van der Waals surface area contributed by atoms with Crippen LogP contribution in [0.3, 0.4) is 0 Å². The van der Waals surface area contributed by atoms with Gasteiger partial charge in [-0.15, -0.1) is 11.3 Å². The van der Waals surface area contributed by atoms with Gasteiger partial charge in [-0.25, -0.2) is 9.97 Å². The highest BCUT2D eigenvalue weighted by molar-refractivity contribution is 7.13. The van der Waals surface area contributed by atoms with Crippen LogP contribution in [0.5, 0.6) is 5.75 Å². The van der Waals surface area contributed by atoms with E-state index in [1.165, 1.54) is 4.90 Å². The third-order valence-electron chi connectivity index (χ3n) is 12.3. The number of benzene rings is 3. The maximum atomic E-state index is 14.0. The van der Waals surface area contributed by atoms with Gasteiger partial charge in [-0.2, -0.15) is 0 Å². The van der Waals surface area contributed by atoms with Crippen LogP contribution in [0.2, 0.25) is 10.0 Å². The normalized spacial score (nSPS) is 15.9. The molecular weight excluding hydrogens is 970 g/mol. The van der Waals surface area contributed by atoms with E-state index in [-0.39, 0.29) is 83.0 Å². The van der Waals surface area contributed by atoms with Crippen LogP contribution in [0.25, 0.3) is 21.7 Å². The topological polar surface area (TPSA) is 195 Å². The molecular formula is C52H63Cl2N7O9S. The van der Waals surface area contributed by atoms with Crippen molar-refractivity contribution in [3.8, 4) is 27.4 Å². The molecule has 2 aliphatic heterocycles. The van der Waals surface area contributed by atoms with Gasteiger partial charge in [0, 0.05) is 62.8 Å². The summed E-state index contributed by atoms with van der Waals surface area (Å²) in [7, 11) is 0. The van der Waals surface area contributed by atoms with E-state index < -0.39 is 29.5 Å². The minimum absolute atomic E-state index is 0.0116. The number of β-amino-alcohol motifs (C(OH)–C–C–N with tert-alkyl or cyclic N) is 1. The summed E-state index contributed by atoms with van der Waals surface area (Å²) in [6, 6.07) is 17.0. The molecule has 0 saturated carbocycles. The quantitative estimate of drug-likeness (QED) is 0.0479. The van der Waals surface area contributed by atoms with Gasteiger partial charge in [-0.05, 0) is 65.8 Å². The Morgan fingerprint density at radius 3 is 2.24 bits per heavy atom. The van der Waals surface area contributed by atoms with E-state index in [1.807, 2.05) is 75.7 Å². The molecule has 380 valence electrons. The fourth-order valence-corrected chi connectivity index (χ4v) is 9.57. The van der Waals surface area contributed by atoms with Gasteiger partial charge in [0.2, 0.25) is 23.6 Å². The number of hydrogen-bond acceptors (Lipinski definition) is 12. The lowest BCUT2D eigenvalue weighted by Crippen LogP contribution is -2.57. The standard InChI is InChI=1S/C52H63Cl2N7O9S/c1-33-48(71-32-57-33)36-10-7-34(8-11-36)28-56-50(65)43-27-39(62)30-61(43)51(66)49(52(2,3)4)59-46(63)15-17-67-18-19-68-20-21-69-22-23-70-44-14-12-37(42-31-60-16-5-6-45(60)58-42)26-38(44)29-55-47(64)25-35-9-13-40(53)41(54)24-35/h7-14,24,26,31-32,39,43,49,62H,5-6,15-23,25,27-30H2,1-4H3,(H,55,64)(H,56,65)(H,59,63)/t39-,43+,49-/m1/s1. The lowest BCUT2D eigenvalue weighted by atomic mass is 9.85. The first-order valence-electron chi connectivity index (χ1n) is 23.9. The molecule has 1 fully saturated rings. The number of aryl methyl sites for hydroxylation is 3. The molecule has 19 heteroatoms. The minimum Gasteiger partial charge on any atom is -0.491 e. The number of halogens is 2. The predicted molar refractivity (Wildman–Crippen MR) is 272 cm³/mol. The number of likely N-dealkylation sites (tertiary alicyclic amines) is 1. The number of thiazole rings is 1. The molecule has 0 unspecified atom stereocenters. The van der Waals surface area contributed by atoms with Crippen LogP contribution in [0.15, 0.2) is 72.4 Å². The van der Waals surface area contributed by atoms with Gasteiger partial charge in [0.05, 0.1) is 84.0 Å². The lowest BCUT2D eigenvalue weighted by Gasteiger charge is -2.35. The zero-order chi connectivity index (χ0) is 50.5. The Morgan fingerprint density at radius 1 is 0.845 bits per heavy atom. The second-order valence-electron chi connectivity index (χ2n) is 18.7. The maximum absolute atomic E-state index is 14.0. The molecule has 1 saturated heterocycles. The molecule has 16 nitrogen and oxygen atoms in total. The first kappa shape index (κ1) is 53.4. The summed E-state index contributed by atoms with van der Waals surface area (Å²) < 4.78 is 25.3. The molecule has 2 aromatic heterocycles. The van der Waals surface area contributed by atoms with Crippen molar-refractivity contribution >= 4 is 58.2 Å². The largest absolute Gasteiger partial charge is 0.491 e. The third-order valence-corrected chi connectivity index (χ3v) is 14.0. The zero-order valence-corrected chi connectivity index (χ0v) is 43.0. The Labute approximate surface area is 428 Å². The highest BCUT2D eigenvalue weighted by Gasteiger charge is 2.44. The first-order chi connectivity index (χ1) is 34.1. The molecule has 4 heterocycles. The summed E-state index contributed by atoms with van der Waals surface area (Å²) in [5.41, 5.74) is 7.39. The van der Waals surface area contributed by atoms with Gasteiger partial charge in [0.15, 0.2) is 0 Å². The average Bonchev–Trinajstić information content (AvgIpc) is 4.16. The molecule has 5 aromatic rings. The van der Waals surface area contributed by atoms with Crippen molar-refractivity contribution < 1.29 is 43.2 Å². The fourth-order valence-electron chi connectivity index (χ4n) is 8.43. The summed E-state index contributed by atoms with van der Waals surface area (Å²) >= 11 is 13.8. The smallest absolute Gasteiger partial charge is 0.246 e. The van der Waals surface area contributed by atoms with Gasteiger partial charge < -0.3 is 49.5 Å². The summed E-state index contributed by atoms with van der Waals surface area (Å²) in [6.45, 7) is 10.8. The van der Waals surface area contributed by atoms with Gasteiger partial charge in [-0.3, -0.25) is 19.2 Å². The second-order valence-corrected chi connectivity index (χ2v) is 20.4. The highest BCUT2D eigenvalue weighted by Crippen LogP contribution is 2.31. The molecule has 71 heavy (non-hydrogen) atoms. The van der Waals surface area contributed by atoms with Crippen LogP contribution in [-0.4, -0.2) is 119 Å². The average molecular weight is 1030 g/mol. The van der Waals surface area contributed by atoms with E-state index >= 15 is 0 Å². The molecule has 3 aromatic carbocycles. The molecule has 0 radical (unpaired) electrons. The third kappa shape index (κ3) is 15.1. The van der Waals surface area contributed by atoms with Crippen molar-refractivity contribution in [3.63, 3.8) is 0 Å². The minimum atomic E-state index is -0.942. The highest BCUT2D eigenvalue weighted by atomic mass is 35.5. The van der Waals surface area contributed by atoms with Gasteiger partial charge in [0.1, 0.15) is 30.3 Å². The summed E-state index contributed by atoms with van der Waals surface area (Å²) in [6.07, 6.45) is 3.50. The number of aliphatic hydroxyl groups is 1. The SMILES string of the molecule is Cc1ncsc1-c1ccc(CNC(=O)[C@@H]2C[C@@H](O)CN2C(=O)[C@@H](NC(=O)CCOCCOCCOCCOc2ccc(-c3cn4c(n3)CCC4)cc2CNC(=O)Cc2ccc(Cl)c(Cl)c2)C(C)(C)C)cc1. The molecule has 7 rings (SSSR count). The van der Waals surface area contributed by atoms with E-state index in [9.17, 15) is 24.3 Å². The number of hydrogen-bond donors (Lipinski definition) is 4. The number of aromatic nitrogens is 3. The van der Waals surface area contributed by atoms with Crippen LogP contribution < -0.4 is 20.7 Å². The Morgan fingerprint density at radius 2 is 1.55 bits per heavy atom. The molecule has 0 bridgehead atoms. The second kappa shape index (κ2) is 25.3. The van der Waals surface area contributed by atoms with Crippen molar-refractivity contribution in [2.24, 2.45) is 5.41 Å². The zero-order valence-electron chi connectivity index (χ0n) is 40.6. The first-order valence-corrected chi connectivity index (χ1v) is 25.6. The Hall–Kier alpha value is -5.40. The number of nitrogens with zero attached hydrogens (tertiary/aromatic N) is 4. The van der Waals surface area contributed by atoms with E-state index in [0.29, 0.717) is 35.6 Å².